The van der Waals surface area contributed by atoms with Crippen LogP contribution in [0.2, 0.25) is 0 Å². The standard InChI is InChI=1S/C21H25N3O3/c1-13-6-7-17-16(10-13)18(14(2)15(3)22-17)19(25)24-9-5-8-21(12-24)11-23(4)20(26)27-21/h6-7,10H,5,8-9,11-12H2,1-4H3/t21-/m0/s1. The number of benzene rings is 1. The average Bonchev–Trinajstić information content (AvgIpc) is 2.89. The van der Waals surface area contributed by atoms with Crippen LogP contribution in [-0.4, -0.2) is 59.1 Å². The number of likely N-dealkylation sites (tertiary alicyclic amines) is 1. The molecule has 0 N–H and O–H groups in total. The number of ether oxygens (including phenoxy) is 1. The van der Waals surface area contributed by atoms with Crippen molar-refractivity contribution in [3.63, 3.8) is 0 Å². The molecule has 142 valence electrons. The van der Waals surface area contributed by atoms with Crippen molar-refractivity contribution in [1.29, 1.82) is 0 Å². The van der Waals surface area contributed by atoms with Gasteiger partial charge in [0, 0.05) is 24.7 Å². The number of likely N-dealkylation sites (N-methyl/N-ethyl adjacent to an activating group) is 1. The van der Waals surface area contributed by atoms with Gasteiger partial charge in [-0.1, -0.05) is 11.6 Å². The number of pyridine rings is 1. The lowest BCUT2D eigenvalue weighted by Gasteiger charge is -2.38. The van der Waals surface area contributed by atoms with Crippen LogP contribution in [-0.2, 0) is 4.74 Å². The molecule has 1 spiro atoms. The smallest absolute Gasteiger partial charge is 0.410 e. The highest BCUT2D eigenvalue weighted by Gasteiger charge is 2.47. The number of hydrogen-bond donors (Lipinski definition) is 0. The Balaban J connectivity index is 1.74. The number of amides is 2. The van der Waals surface area contributed by atoms with Crippen molar-refractivity contribution >= 4 is 22.9 Å². The first-order valence-electron chi connectivity index (χ1n) is 9.41. The summed E-state index contributed by atoms with van der Waals surface area (Å²) in [4.78, 5) is 33.5. The topological polar surface area (TPSA) is 62.7 Å². The molecule has 1 aromatic heterocycles. The predicted molar refractivity (Wildman–Crippen MR) is 103 cm³/mol. The fourth-order valence-electron chi connectivity index (χ4n) is 4.30. The van der Waals surface area contributed by atoms with Gasteiger partial charge in [0.1, 0.15) is 5.60 Å². The van der Waals surface area contributed by atoms with Gasteiger partial charge in [-0.15, -0.1) is 0 Å². The summed E-state index contributed by atoms with van der Waals surface area (Å²) in [6.07, 6.45) is 1.31. The molecule has 2 saturated heterocycles. The highest BCUT2D eigenvalue weighted by Crippen LogP contribution is 2.33. The van der Waals surface area contributed by atoms with Gasteiger partial charge in [0.2, 0.25) is 0 Å². The lowest BCUT2D eigenvalue weighted by molar-refractivity contribution is -0.00517. The number of fused-ring (bicyclic) bond motifs is 1. The van der Waals surface area contributed by atoms with E-state index in [0.717, 1.165) is 46.1 Å². The molecular weight excluding hydrogens is 342 g/mol. The minimum atomic E-state index is -0.582. The zero-order valence-electron chi connectivity index (χ0n) is 16.3. The maximum atomic E-state index is 13.5. The van der Waals surface area contributed by atoms with E-state index < -0.39 is 5.60 Å². The number of aromatic nitrogens is 1. The van der Waals surface area contributed by atoms with E-state index in [2.05, 4.69) is 4.98 Å². The summed E-state index contributed by atoms with van der Waals surface area (Å²) in [5.41, 5.74) is 3.86. The van der Waals surface area contributed by atoms with Crippen LogP contribution in [0.5, 0.6) is 0 Å². The van der Waals surface area contributed by atoms with Crippen LogP contribution in [0, 0.1) is 20.8 Å². The Hall–Kier alpha value is -2.63. The van der Waals surface area contributed by atoms with Gasteiger partial charge in [0.05, 0.1) is 24.2 Å². The van der Waals surface area contributed by atoms with Crippen LogP contribution < -0.4 is 0 Å². The number of carbonyl (C=O) groups excluding carboxylic acids is 2. The quantitative estimate of drug-likeness (QED) is 0.776. The molecule has 4 rings (SSSR count). The van der Waals surface area contributed by atoms with Crippen LogP contribution in [0.15, 0.2) is 18.2 Å². The molecule has 0 bridgehead atoms. The maximum absolute atomic E-state index is 13.5. The summed E-state index contributed by atoms with van der Waals surface area (Å²) in [6.45, 7) is 7.57. The fourth-order valence-corrected chi connectivity index (χ4v) is 4.30. The summed E-state index contributed by atoms with van der Waals surface area (Å²) in [6, 6.07) is 6.02. The van der Waals surface area contributed by atoms with Crippen LogP contribution in [0.3, 0.4) is 0 Å². The van der Waals surface area contributed by atoms with Gasteiger partial charge in [-0.3, -0.25) is 9.78 Å². The number of rotatable bonds is 1. The molecule has 0 saturated carbocycles. The molecule has 3 heterocycles. The third kappa shape index (κ3) is 2.93. The molecule has 0 unspecified atom stereocenters. The summed E-state index contributed by atoms with van der Waals surface area (Å²) in [5, 5.41) is 0.892. The van der Waals surface area contributed by atoms with Gasteiger partial charge in [0.25, 0.3) is 5.91 Å². The molecule has 0 aliphatic carbocycles. The Morgan fingerprint density at radius 1 is 1.22 bits per heavy atom. The second-order valence-corrected chi connectivity index (χ2v) is 7.96. The first-order chi connectivity index (χ1) is 12.8. The predicted octanol–water partition coefficient (Wildman–Crippen LogP) is 3.22. The van der Waals surface area contributed by atoms with Crippen molar-refractivity contribution in [2.75, 3.05) is 26.7 Å². The molecule has 2 aliphatic rings. The van der Waals surface area contributed by atoms with Crippen molar-refractivity contribution in [3.8, 4) is 0 Å². The van der Waals surface area contributed by atoms with E-state index in [1.54, 1.807) is 11.9 Å². The van der Waals surface area contributed by atoms with Gasteiger partial charge >= 0.3 is 6.09 Å². The van der Waals surface area contributed by atoms with Gasteiger partial charge in [-0.25, -0.2) is 4.79 Å². The molecule has 2 amide bonds. The molecule has 1 atom stereocenters. The molecule has 2 aromatic rings. The summed E-state index contributed by atoms with van der Waals surface area (Å²) < 4.78 is 5.66. The Morgan fingerprint density at radius 2 is 2.00 bits per heavy atom. The molecular formula is C21H25N3O3. The lowest BCUT2D eigenvalue weighted by atomic mass is 9.91. The van der Waals surface area contributed by atoms with Crippen molar-refractivity contribution in [2.24, 2.45) is 0 Å². The number of nitrogens with zero attached hydrogens (tertiary/aromatic N) is 3. The molecule has 1 aromatic carbocycles. The monoisotopic (exact) mass is 367 g/mol. The second kappa shape index (κ2) is 6.22. The van der Waals surface area contributed by atoms with Crippen molar-refractivity contribution in [1.82, 2.24) is 14.8 Å². The number of piperidine rings is 1. The number of carbonyl (C=O) groups is 2. The lowest BCUT2D eigenvalue weighted by Crippen LogP contribution is -2.52. The Bertz CT molecular complexity index is 955. The van der Waals surface area contributed by atoms with Crippen LogP contribution in [0.4, 0.5) is 4.79 Å². The van der Waals surface area contributed by atoms with Gasteiger partial charge in [0.15, 0.2) is 0 Å². The van der Waals surface area contributed by atoms with E-state index in [-0.39, 0.29) is 12.0 Å². The van der Waals surface area contributed by atoms with Gasteiger partial charge < -0.3 is 14.5 Å². The van der Waals surface area contributed by atoms with E-state index in [1.165, 1.54) is 0 Å². The zero-order valence-corrected chi connectivity index (χ0v) is 16.3. The van der Waals surface area contributed by atoms with Crippen molar-refractivity contribution < 1.29 is 14.3 Å². The van der Waals surface area contributed by atoms with E-state index in [9.17, 15) is 9.59 Å². The van der Waals surface area contributed by atoms with Crippen molar-refractivity contribution in [3.05, 3.63) is 40.6 Å². The minimum absolute atomic E-state index is 0.00160. The average molecular weight is 367 g/mol. The molecule has 6 heteroatoms. The zero-order chi connectivity index (χ0) is 19.3. The largest absolute Gasteiger partial charge is 0.439 e. The molecule has 2 fully saturated rings. The van der Waals surface area contributed by atoms with Crippen LogP contribution >= 0.6 is 0 Å². The van der Waals surface area contributed by atoms with Crippen molar-refractivity contribution in [2.45, 2.75) is 39.2 Å². The van der Waals surface area contributed by atoms with Crippen LogP contribution in [0.25, 0.3) is 10.9 Å². The number of aryl methyl sites for hydroxylation is 2. The highest BCUT2D eigenvalue weighted by molar-refractivity contribution is 6.07. The highest BCUT2D eigenvalue weighted by atomic mass is 16.6. The minimum Gasteiger partial charge on any atom is -0.439 e. The van der Waals surface area contributed by atoms with Gasteiger partial charge in [-0.2, -0.15) is 0 Å². The molecule has 27 heavy (non-hydrogen) atoms. The summed E-state index contributed by atoms with van der Waals surface area (Å²) in [7, 11) is 1.74. The molecule has 2 aliphatic heterocycles. The van der Waals surface area contributed by atoms with E-state index in [1.807, 2.05) is 43.9 Å². The third-order valence-corrected chi connectivity index (χ3v) is 5.81. The van der Waals surface area contributed by atoms with Gasteiger partial charge in [-0.05, 0) is 51.3 Å². The first kappa shape index (κ1) is 17.8. The Morgan fingerprint density at radius 3 is 2.70 bits per heavy atom. The first-order valence-corrected chi connectivity index (χ1v) is 9.41. The van der Waals surface area contributed by atoms with E-state index >= 15 is 0 Å². The summed E-state index contributed by atoms with van der Waals surface area (Å²) >= 11 is 0. The Labute approximate surface area is 159 Å². The number of hydrogen-bond acceptors (Lipinski definition) is 4. The fraction of sp³-hybridized carbons (Fsp3) is 0.476. The maximum Gasteiger partial charge on any atom is 0.410 e. The Kier molecular flexibility index (Phi) is 4.09. The van der Waals surface area contributed by atoms with Crippen LogP contribution in [0.1, 0.15) is 40.0 Å². The van der Waals surface area contributed by atoms with E-state index in [4.69, 9.17) is 4.74 Å². The van der Waals surface area contributed by atoms with E-state index in [0.29, 0.717) is 19.6 Å². The third-order valence-electron chi connectivity index (χ3n) is 5.81. The second-order valence-electron chi connectivity index (χ2n) is 7.96. The molecule has 0 radical (unpaired) electrons. The molecule has 6 nitrogen and oxygen atoms in total. The normalized spacial score (nSPS) is 22.6. The summed E-state index contributed by atoms with van der Waals surface area (Å²) in [5.74, 6) is -0.00160. The SMILES string of the molecule is Cc1ccc2nc(C)c(C)c(C(=O)N3CCC[C@]4(CN(C)C(=O)O4)C3)c2c1.